The Hall–Kier alpha value is -1.68. The van der Waals surface area contributed by atoms with E-state index in [1.807, 2.05) is 39.1 Å². The molecule has 1 aromatic carbocycles. The molecule has 0 N–H and O–H groups in total. The maximum Gasteiger partial charge on any atom is 0.253 e. The minimum Gasteiger partial charge on any atom is -0.497 e. The highest BCUT2D eigenvalue weighted by Crippen LogP contribution is 2.26. The van der Waals surface area contributed by atoms with Gasteiger partial charge in [-0.15, -0.1) is 11.8 Å². The van der Waals surface area contributed by atoms with Gasteiger partial charge in [-0.1, -0.05) is 12.1 Å². The molecule has 0 spiro atoms. The maximum atomic E-state index is 11.8. The van der Waals surface area contributed by atoms with Crippen LogP contribution >= 0.6 is 11.8 Å². The van der Waals surface area contributed by atoms with Crippen LogP contribution in [0.4, 0.5) is 0 Å². The number of methoxy groups -OCH3 is 1. The predicted molar refractivity (Wildman–Crippen MR) is 83.7 cm³/mol. The fourth-order valence-electron chi connectivity index (χ4n) is 1.97. The van der Waals surface area contributed by atoms with Crippen molar-refractivity contribution in [2.45, 2.75) is 24.5 Å². The molecule has 3 nitrogen and oxygen atoms in total. The van der Waals surface area contributed by atoms with Crippen molar-refractivity contribution in [2.75, 3.05) is 7.11 Å². The molecular weight excluding hydrogens is 270 g/mol. The highest BCUT2D eigenvalue weighted by Gasteiger charge is 2.07. The number of rotatable bonds is 4. The first kappa shape index (κ1) is 14.7. The monoisotopic (exact) mass is 289 g/mol. The maximum absolute atomic E-state index is 11.8. The van der Waals surface area contributed by atoms with Crippen LogP contribution in [-0.2, 0) is 12.8 Å². The molecule has 1 heterocycles. The first-order valence-electron chi connectivity index (χ1n) is 6.46. The topological polar surface area (TPSA) is 31.2 Å². The van der Waals surface area contributed by atoms with Gasteiger partial charge in [0, 0.05) is 29.0 Å². The summed E-state index contributed by atoms with van der Waals surface area (Å²) in [4.78, 5) is 13.0. The zero-order chi connectivity index (χ0) is 14.7. The van der Waals surface area contributed by atoms with Gasteiger partial charge in [0.05, 0.1) is 7.11 Å². The van der Waals surface area contributed by atoms with Gasteiger partial charge in [-0.05, 0) is 37.6 Å². The summed E-state index contributed by atoms with van der Waals surface area (Å²) < 4.78 is 6.86. The Morgan fingerprint density at radius 1 is 1.20 bits per heavy atom. The van der Waals surface area contributed by atoms with Crippen molar-refractivity contribution in [1.82, 2.24) is 4.57 Å². The minimum absolute atomic E-state index is 0.0799. The molecule has 0 aliphatic carbocycles. The van der Waals surface area contributed by atoms with E-state index in [2.05, 4.69) is 12.1 Å². The van der Waals surface area contributed by atoms with Crippen LogP contribution < -0.4 is 10.3 Å². The molecule has 2 rings (SSSR count). The fraction of sp³-hybridized carbons (Fsp3) is 0.312. The van der Waals surface area contributed by atoms with Crippen LogP contribution in [0.25, 0.3) is 0 Å². The average Bonchev–Trinajstić information content (AvgIpc) is 2.48. The van der Waals surface area contributed by atoms with Crippen LogP contribution in [0.3, 0.4) is 0 Å². The third-order valence-corrected chi connectivity index (χ3v) is 4.60. The van der Waals surface area contributed by atoms with Crippen molar-refractivity contribution >= 4 is 11.8 Å². The summed E-state index contributed by atoms with van der Waals surface area (Å²) in [6.45, 7) is 3.84. The molecule has 4 heteroatoms. The molecule has 0 aliphatic rings. The van der Waals surface area contributed by atoms with E-state index in [0.29, 0.717) is 0 Å². The molecule has 0 fully saturated rings. The van der Waals surface area contributed by atoms with E-state index in [4.69, 9.17) is 4.74 Å². The molecular formula is C16H19NO2S. The highest BCUT2D eigenvalue weighted by atomic mass is 32.2. The van der Waals surface area contributed by atoms with Gasteiger partial charge < -0.3 is 9.30 Å². The summed E-state index contributed by atoms with van der Waals surface area (Å²) in [5.41, 5.74) is 3.12. The Kier molecular flexibility index (Phi) is 4.55. The number of pyridine rings is 1. The Labute approximate surface area is 123 Å². The van der Waals surface area contributed by atoms with E-state index in [9.17, 15) is 4.79 Å². The molecule has 106 valence electrons. The minimum atomic E-state index is 0.0799. The number of aromatic nitrogens is 1. The van der Waals surface area contributed by atoms with Gasteiger partial charge in [0.1, 0.15) is 5.75 Å². The fourth-order valence-corrected chi connectivity index (χ4v) is 3.09. The molecule has 0 bridgehead atoms. The number of hydrogen-bond acceptors (Lipinski definition) is 3. The van der Waals surface area contributed by atoms with Gasteiger partial charge in [0.25, 0.3) is 5.56 Å². The number of benzene rings is 1. The Morgan fingerprint density at radius 3 is 2.45 bits per heavy atom. The smallest absolute Gasteiger partial charge is 0.253 e. The van der Waals surface area contributed by atoms with Gasteiger partial charge in [-0.2, -0.15) is 0 Å². The highest BCUT2D eigenvalue weighted by molar-refractivity contribution is 7.98. The normalized spacial score (nSPS) is 10.6. The number of aryl methyl sites for hydroxylation is 1. The van der Waals surface area contributed by atoms with Gasteiger partial charge in [0.2, 0.25) is 0 Å². The lowest BCUT2D eigenvalue weighted by Crippen LogP contribution is -2.21. The predicted octanol–water partition coefficient (Wildman–Crippen LogP) is 3.30. The van der Waals surface area contributed by atoms with Crippen LogP contribution in [-0.4, -0.2) is 11.7 Å². The van der Waals surface area contributed by atoms with Crippen molar-refractivity contribution in [3.8, 4) is 5.75 Å². The summed E-state index contributed by atoms with van der Waals surface area (Å²) in [5.74, 6) is 1.75. The first-order valence-corrected chi connectivity index (χ1v) is 7.44. The summed E-state index contributed by atoms with van der Waals surface area (Å²) in [7, 11) is 3.49. The lowest BCUT2D eigenvalue weighted by molar-refractivity contribution is 0.414. The summed E-state index contributed by atoms with van der Waals surface area (Å²) >= 11 is 1.75. The van der Waals surface area contributed by atoms with Gasteiger partial charge in [-0.25, -0.2) is 0 Å². The molecule has 1 aromatic heterocycles. The van der Waals surface area contributed by atoms with Gasteiger partial charge in [0.15, 0.2) is 0 Å². The molecule has 0 unspecified atom stereocenters. The molecule has 0 atom stereocenters. The average molecular weight is 289 g/mol. The van der Waals surface area contributed by atoms with Crippen LogP contribution in [0.1, 0.15) is 16.8 Å². The van der Waals surface area contributed by atoms with Crippen molar-refractivity contribution in [2.24, 2.45) is 7.05 Å². The Bertz CT molecular complexity index is 659. The van der Waals surface area contributed by atoms with Crippen LogP contribution in [0.5, 0.6) is 5.75 Å². The van der Waals surface area contributed by atoms with Crippen molar-refractivity contribution in [3.63, 3.8) is 0 Å². The lowest BCUT2D eigenvalue weighted by Gasteiger charge is -2.11. The van der Waals surface area contributed by atoms with Crippen LogP contribution in [0, 0.1) is 13.8 Å². The second kappa shape index (κ2) is 6.18. The third-order valence-electron chi connectivity index (χ3n) is 3.40. The zero-order valence-electron chi connectivity index (χ0n) is 12.3. The van der Waals surface area contributed by atoms with Crippen LogP contribution in [0.2, 0.25) is 0 Å². The van der Waals surface area contributed by atoms with Crippen molar-refractivity contribution < 1.29 is 4.74 Å². The van der Waals surface area contributed by atoms with Crippen molar-refractivity contribution in [1.29, 1.82) is 0 Å². The van der Waals surface area contributed by atoms with Crippen LogP contribution in [0.15, 0.2) is 40.0 Å². The van der Waals surface area contributed by atoms with E-state index in [1.54, 1.807) is 23.4 Å². The quantitative estimate of drug-likeness (QED) is 0.809. The molecule has 0 saturated heterocycles. The standard InChI is InChI=1S/C16H19NO2S/c1-11-9-15(12(2)17(3)16(11)18)20-10-13-5-7-14(19-4)8-6-13/h5-9H,10H2,1-4H3. The summed E-state index contributed by atoms with van der Waals surface area (Å²) in [5, 5.41) is 0. The Morgan fingerprint density at radius 2 is 1.85 bits per heavy atom. The second-order valence-corrected chi connectivity index (χ2v) is 5.80. The second-order valence-electron chi connectivity index (χ2n) is 4.78. The van der Waals surface area contributed by atoms with E-state index in [0.717, 1.165) is 27.7 Å². The first-order chi connectivity index (χ1) is 9.52. The zero-order valence-corrected chi connectivity index (χ0v) is 13.1. The number of thioether (sulfide) groups is 1. The summed E-state index contributed by atoms with van der Waals surface area (Å²) in [6.07, 6.45) is 0. The largest absolute Gasteiger partial charge is 0.497 e. The van der Waals surface area contributed by atoms with Crippen molar-refractivity contribution in [3.05, 3.63) is 57.5 Å². The number of hydrogen-bond donors (Lipinski definition) is 0. The number of nitrogens with zero attached hydrogens (tertiary/aromatic N) is 1. The molecule has 0 saturated carbocycles. The summed E-state index contributed by atoms with van der Waals surface area (Å²) in [6, 6.07) is 10.0. The van der Waals surface area contributed by atoms with Gasteiger partial charge >= 0.3 is 0 Å². The molecule has 0 amide bonds. The molecule has 2 aromatic rings. The molecule has 0 aliphatic heterocycles. The van der Waals surface area contributed by atoms with Gasteiger partial charge in [-0.3, -0.25) is 4.79 Å². The molecule has 20 heavy (non-hydrogen) atoms. The molecule has 0 radical (unpaired) electrons. The van der Waals surface area contributed by atoms with E-state index >= 15 is 0 Å². The lowest BCUT2D eigenvalue weighted by atomic mass is 10.2. The third kappa shape index (κ3) is 3.07. The Balaban J connectivity index is 2.16. The van der Waals surface area contributed by atoms with E-state index in [1.165, 1.54) is 5.56 Å². The SMILES string of the molecule is COc1ccc(CSc2cc(C)c(=O)n(C)c2C)cc1. The van der Waals surface area contributed by atoms with E-state index < -0.39 is 0 Å². The van der Waals surface area contributed by atoms with E-state index in [-0.39, 0.29) is 5.56 Å². The number of ether oxygens (including phenoxy) is 1.